The second kappa shape index (κ2) is 23.7. The maximum Gasteiger partial charge on any atom is 0.179 e. The summed E-state index contributed by atoms with van der Waals surface area (Å²) in [5, 5.41) is 10.1. The highest BCUT2D eigenvalue weighted by Crippen LogP contribution is 2.54. The van der Waals surface area contributed by atoms with Crippen molar-refractivity contribution in [2.45, 2.75) is 0 Å². The second-order valence-corrected chi connectivity index (χ2v) is 26.4. The minimum absolute atomic E-state index is 1.06. The quantitative estimate of drug-likeness (QED) is 0.0775. The fourth-order valence-electron chi connectivity index (χ4n) is 13.7. The van der Waals surface area contributed by atoms with E-state index in [1.165, 1.54) is 81.2 Å². The van der Waals surface area contributed by atoms with E-state index >= 15 is 0 Å². The van der Waals surface area contributed by atoms with E-state index in [0.717, 1.165) is 56.0 Å². The van der Waals surface area contributed by atoms with Crippen LogP contribution in [0.15, 0.2) is 370 Å². The summed E-state index contributed by atoms with van der Waals surface area (Å²) in [4.78, 5) is 2.51. The van der Waals surface area contributed by atoms with Gasteiger partial charge in [-0.1, -0.05) is 334 Å². The lowest BCUT2D eigenvalue weighted by Gasteiger charge is -2.36. The molecule has 0 spiro atoms. The Morgan fingerprint density at radius 3 is 1.16 bits per heavy atom. The highest BCUT2D eigenvalue weighted by atomic mass is 28.3. The first-order chi connectivity index (χ1) is 43.7. The number of hydrogen-bond donors (Lipinski definition) is 0. The van der Waals surface area contributed by atoms with E-state index in [1.807, 2.05) is 0 Å². The number of rotatable bonds is 14. The Morgan fingerprint density at radius 1 is 0.205 bits per heavy atom. The molecule has 414 valence electrons. The molecule has 0 unspecified atom stereocenters. The van der Waals surface area contributed by atoms with Crippen LogP contribution in [0.2, 0.25) is 0 Å². The van der Waals surface area contributed by atoms with Crippen LogP contribution < -0.4 is 25.6 Å². The first-order valence-electron chi connectivity index (χ1n) is 30.4. The van der Waals surface area contributed by atoms with Gasteiger partial charge >= 0.3 is 0 Å². The normalized spacial score (nSPS) is 11.4. The van der Waals surface area contributed by atoms with Crippen LogP contribution in [0.25, 0.3) is 99.4 Å². The third-order valence-electron chi connectivity index (χ3n) is 17.6. The van der Waals surface area contributed by atoms with Crippen molar-refractivity contribution in [2.24, 2.45) is 0 Å². The van der Waals surface area contributed by atoms with E-state index < -0.39 is 8.07 Å². The van der Waals surface area contributed by atoms with Gasteiger partial charge in [0.1, 0.15) is 0 Å². The monoisotopic (exact) mass is 1140 g/mol. The molecule has 2 heteroatoms. The number of fused-ring (bicyclic) bond motifs is 2. The van der Waals surface area contributed by atoms with Gasteiger partial charge in [0.05, 0.1) is 5.69 Å². The van der Waals surface area contributed by atoms with Gasteiger partial charge in [-0.3, -0.25) is 0 Å². The SMILES string of the molecule is c1ccc(-c2c(-c3ccccc3)c(-c3ccccc3)c3c(-c4ccccc4-c4ccccc4N(c4ccc(-c5ccc6ccccc6c5)cc4)c4cccc([Si](c5ccccc5)(c5ccccc5)c5ccccc5)c4)cccc3c2-c2ccccc2)cc1. The van der Waals surface area contributed by atoms with Crippen molar-refractivity contribution in [1.82, 2.24) is 0 Å². The first kappa shape index (κ1) is 53.6. The van der Waals surface area contributed by atoms with Crippen LogP contribution in [0.1, 0.15) is 0 Å². The van der Waals surface area contributed by atoms with Gasteiger partial charge in [0.25, 0.3) is 0 Å². The van der Waals surface area contributed by atoms with Crippen LogP contribution in [0.3, 0.4) is 0 Å². The van der Waals surface area contributed by atoms with Gasteiger partial charge in [0.15, 0.2) is 8.07 Å². The third-order valence-corrected chi connectivity index (χ3v) is 22.4. The van der Waals surface area contributed by atoms with Crippen molar-refractivity contribution in [3.8, 4) is 77.9 Å². The molecular formula is C86H61NSi. The number of anilines is 3. The molecule has 0 saturated heterocycles. The van der Waals surface area contributed by atoms with Crippen molar-refractivity contribution in [1.29, 1.82) is 0 Å². The first-order valence-corrected chi connectivity index (χ1v) is 32.4. The van der Waals surface area contributed by atoms with Crippen molar-refractivity contribution in [3.63, 3.8) is 0 Å². The molecule has 0 atom stereocenters. The summed E-state index contributed by atoms with van der Waals surface area (Å²) in [6.07, 6.45) is 0. The predicted molar refractivity (Wildman–Crippen MR) is 378 cm³/mol. The number of hydrogen-bond acceptors (Lipinski definition) is 1. The van der Waals surface area contributed by atoms with E-state index in [9.17, 15) is 0 Å². The van der Waals surface area contributed by atoms with Crippen LogP contribution in [-0.2, 0) is 0 Å². The zero-order chi connectivity index (χ0) is 58.6. The molecule has 0 saturated carbocycles. The largest absolute Gasteiger partial charge is 0.310 e. The van der Waals surface area contributed by atoms with Gasteiger partial charge < -0.3 is 4.90 Å². The Morgan fingerprint density at radius 2 is 0.602 bits per heavy atom. The summed E-state index contributed by atoms with van der Waals surface area (Å²) >= 11 is 0. The van der Waals surface area contributed by atoms with Gasteiger partial charge in [0.2, 0.25) is 0 Å². The molecule has 15 aromatic rings. The lowest BCUT2D eigenvalue weighted by molar-refractivity contribution is 1.29. The number of para-hydroxylation sites is 1. The molecule has 0 aliphatic carbocycles. The zero-order valence-electron chi connectivity index (χ0n) is 48.7. The van der Waals surface area contributed by atoms with Gasteiger partial charge in [0, 0.05) is 16.9 Å². The van der Waals surface area contributed by atoms with Crippen LogP contribution >= 0.6 is 0 Å². The molecule has 0 aliphatic rings. The predicted octanol–water partition coefficient (Wildman–Crippen LogP) is 20.5. The molecule has 0 aliphatic heterocycles. The molecule has 0 radical (unpaired) electrons. The van der Waals surface area contributed by atoms with Crippen LogP contribution in [0, 0.1) is 0 Å². The molecule has 0 bridgehead atoms. The Kier molecular flexibility index (Phi) is 14.4. The molecular weight excluding hydrogens is 1080 g/mol. The average Bonchev–Trinajstić information content (AvgIpc) is 1.69. The Hall–Kier alpha value is -11.2. The van der Waals surface area contributed by atoms with E-state index in [-0.39, 0.29) is 0 Å². The summed E-state index contributed by atoms with van der Waals surface area (Å²) < 4.78 is 0. The summed E-state index contributed by atoms with van der Waals surface area (Å²) in [6.45, 7) is 0. The van der Waals surface area contributed by atoms with Gasteiger partial charge in [-0.25, -0.2) is 0 Å². The average molecular weight is 1140 g/mol. The minimum atomic E-state index is -2.96. The fraction of sp³-hybridized carbons (Fsp3) is 0. The molecule has 0 aromatic heterocycles. The molecule has 88 heavy (non-hydrogen) atoms. The van der Waals surface area contributed by atoms with E-state index in [4.69, 9.17) is 0 Å². The maximum absolute atomic E-state index is 2.96. The topological polar surface area (TPSA) is 3.24 Å². The van der Waals surface area contributed by atoms with Crippen molar-refractivity contribution < 1.29 is 0 Å². The van der Waals surface area contributed by atoms with Crippen LogP contribution in [0.4, 0.5) is 17.1 Å². The van der Waals surface area contributed by atoms with Crippen molar-refractivity contribution in [3.05, 3.63) is 370 Å². The summed E-state index contributed by atoms with van der Waals surface area (Å²) in [5.74, 6) is 0. The second-order valence-electron chi connectivity index (χ2n) is 22.6. The minimum Gasteiger partial charge on any atom is -0.310 e. The maximum atomic E-state index is 2.51. The zero-order valence-corrected chi connectivity index (χ0v) is 49.7. The van der Waals surface area contributed by atoms with E-state index in [1.54, 1.807) is 0 Å². The fourth-order valence-corrected chi connectivity index (χ4v) is 18.5. The summed E-state index contributed by atoms with van der Waals surface area (Å²) in [6, 6.07) is 137. The van der Waals surface area contributed by atoms with E-state index in [0.29, 0.717) is 0 Å². The summed E-state index contributed by atoms with van der Waals surface area (Å²) in [5.41, 5.74) is 19.6. The van der Waals surface area contributed by atoms with Crippen molar-refractivity contribution in [2.75, 3.05) is 4.90 Å². The lowest BCUT2D eigenvalue weighted by atomic mass is 9.77. The molecule has 1 nitrogen and oxygen atoms in total. The lowest BCUT2D eigenvalue weighted by Crippen LogP contribution is -2.74. The smallest absolute Gasteiger partial charge is 0.179 e. The third kappa shape index (κ3) is 9.72. The highest BCUT2D eigenvalue weighted by Gasteiger charge is 2.42. The van der Waals surface area contributed by atoms with E-state index in [2.05, 4.69) is 375 Å². The van der Waals surface area contributed by atoms with Gasteiger partial charge in [-0.15, -0.1) is 0 Å². The van der Waals surface area contributed by atoms with Gasteiger partial charge in [-0.05, 0) is 151 Å². The van der Waals surface area contributed by atoms with Gasteiger partial charge in [-0.2, -0.15) is 0 Å². The molecule has 15 rings (SSSR count). The molecule has 0 amide bonds. The van der Waals surface area contributed by atoms with Crippen molar-refractivity contribution >= 4 is 67.4 Å². The molecule has 15 aromatic carbocycles. The Balaban J connectivity index is 0.996. The molecule has 0 heterocycles. The Bertz CT molecular complexity index is 4820. The Labute approximate surface area is 517 Å². The number of benzene rings is 15. The highest BCUT2D eigenvalue weighted by molar-refractivity contribution is 7.20. The summed E-state index contributed by atoms with van der Waals surface area (Å²) in [7, 11) is -2.96. The van der Waals surface area contributed by atoms with Crippen LogP contribution in [0.5, 0.6) is 0 Å². The molecule has 0 N–H and O–H groups in total. The number of nitrogens with zero attached hydrogens (tertiary/aromatic N) is 1. The van der Waals surface area contributed by atoms with Crippen LogP contribution in [-0.4, -0.2) is 8.07 Å². The standard InChI is InChI=1S/C86H61NSi/c1-8-31-64(32-9-1)82-80-52-29-51-79(86(80)85(67-37-14-4-15-38-67)84(66-35-12-3-13-36-66)83(82)65-33-10-2-11-34-65)77-49-25-24-48-76(77)78-50-26-27-53-81(78)87(70-58-56-63(57-59-70)69-55-54-62-30-22-23-39-68(62)60-69)71-40-28-47-75(61-71)88(72-41-16-5-17-42-72,73-43-18-6-19-44-73)74-45-20-7-21-46-74/h1-61H. The molecule has 0 fully saturated rings.